The number of carbonyl (C=O) groups is 2. The largest absolute Gasteiger partial charge is 0.440 e. The minimum absolute atomic E-state index is 0.143. The van der Waals surface area contributed by atoms with Crippen molar-refractivity contribution in [1.82, 2.24) is 14.9 Å². The van der Waals surface area contributed by atoms with Crippen molar-refractivity contribution in [2.24, 2.45) is 5.10 Å². The Bertz CT molecular complexity index is 934. The Labute approximate surface area is 167 Å². The molecule has 2 aromatic rings. The monoisotopic (exact) mass is 398 g/mol. The zero-order chi connectivity index (χ0) is 19.7. The van der Waals surface area contributed by atoms with Crippen LogP contribution in [0, 0.1) is 0 Å². The fourth-order valence-corrected chi connectivity index (χ4v) is 3.74. The predicted octanol–water partition coefficient (Wildman–Crippen LogP) is 2.97. The highest BCUT2D eigenvalue weighted by atomic mass is 35.5. The van der Waals surface area contributed by atoms with Crippen LogP contribution in [0.3, 0.4) is 0 Å². The van der Waals surface area contributed by atoms with Crippen LogP contribution in [-0.4, -0.2) is 45.4 Å². The highest BCUT2D eigenvalue weighted by Crippen LogP contribution is 2.33. The molecule has 2 aliphatic heterocycles. The summed E-state index contributed by atoms with van der Waals surface area (Å²) in [6, 6.07) is 12.5. The maximum Gasteiger partial charge on any atom is 0.287 e. The lowest BCUT2D eigenvalue weighted by molar-refractivity contribution is -0.154. The van der Waals surface area contributed by atoms with Gasteiger partial charge >= 0.3 is 0 Å². The van der Waals surface area contributed by atoms with Crippen LogP contribution in [0.5, 0.6) is 0 Å². The molecular weight excluding hydrogens is 380 g/mol. The first-order chi connectivity index (χ1) is 13.6. The number of carbonyl (C=O) groups excluding carboxylic acids is 2. The topological polar surface area (TPSA) is 75.1 Å². The lowest BCUT2D eigenvalue weighted by atomic mass is 10.1. The summed E-state index contributed by atoms with van der Waals surface area (Å²) in [4.78, 5) is 31.5. The Morgan fingerprint density at radius 3 is 2.68 bits per heavy atom. The van der Waals surface area contributed by atoms with Crippen molar-refractivity contribution in [3.05, 3.63) is 64.9 Å². The molecule has 28 heavy (non-hydrogen) atoms. The van der Waals surface area contributed by atoms with E-state index in [9.17, 15) is 9.59 Å². The van der Waals surface area contributed by atoms with Crippen molar-refractivity contribution in [3.63, 3.8) is 0 Å². The number of hydrazone groups is 1. The van der Waals surface area contributed by atoms with Gasteiger partial charge in [0.2, 0.25) is 11.8 Å². The maximum atomic E-state index is 13.3. The molecule has 3 heterocycles. The van der Waals surface area contributed by atoms with Crippen LogP contribution in [0.4, 0.5) is 0 Å². The van der Waals surface area contributed by atoms with E-state index in [1.165, 1.54) is 6.92 Å². The van der Waals surface area contributed by atoms with E-state index in [2.05, 4.69) is 10.1 Å². The van der Waals surface area contributed by atoms with Crippen molar-refractivity contribution >= 4 is 29.3 Å². The summed E-state index contributed by atoms with van der Waals surface area (Å²) in [6.45, 7) is 1.93. The Hall–Kier alpha value is -2.93. The molecule has 144 valence electrons. The van der Waals surface area contributed by atoms with Crippen LogP contribution in [0.1, 0.15) is 37.1 Å². The number of benzene rings is 1. The molecule has 1 aromatic carbocycles. The van der Waals surface area contributed by atoms with Crippen molar-refractivity contribution < 1.29 is 14.3 Å². The van der Waals surface area contributed by atoms with Gasteiger partial charge < -0.3 is 9.64 Å². The molecule has 0 radical (unpaired) electrons. The second kappa shape index (κ2) is 7.59. The zero-order valence-electron chi connectivity index (χ0n) is 15.3. The predicted molar refractivity (Wildman–Crippen MR) is 103 cm³/mol. The third-order valence-corrected chi connectivity index (χ3v) is 5.18. The summed E-state index contributed by atoms with van der Waals surface area (Å²) in [5.74, 6) is -0.532. The van der Waals surface area contributed by atoms with Crippen molar-refractivity contribution in [3.8, 4) is 0 Å². The van der Waals surface area contributed by atoms with Gasteiger partial charge in [0.05, 0.1) is 22.3 Å². The van der Waals surface area contributed by atoms with E-state index in [1.807, 2.05) is 18.2 Å². The molecule has 8 heteroatoms. The third-order valence-electron chi connectivity index (χ3n) is 4.85. The first kappa shape index (κ1) is 18.4. The molecule has 1 aromatic heterocycles. The number of hydrogen-bond acceptors (Lipinski definition) is 5. The van der Waals surface area contributed by atoms with Crippen LogP contribution in [0.25, 0.3) is 0 Å². The number of likely N-dealkylation sites (tertiary alicyclic amines) is 1. The summed E-state index contributed by atoms with van der Waals surface area (Å²) in [5, 5.41) is 5.73. The molecule has 0 N–H and O–H groups in total. The molecule has 2 aliphatic rings. The van der Waals surface area contributed by atoms with Crippen LogP contribution in [-0.2, 0) is 14.3 Å². The average molecular weight is 399 g/mol. The van der Waals surface area contributed by atoms with E-state index in [-0.39, 0.29) is 23.8 Å². The van der Waals surface area contributed by atoms with Gasteiger partial charge in [-0.15, -0.1) is 5.10 Å². The number of nitrogens with zero attached hydrogens (tertiary/aromatic N) is 4. The smallest absolute Gasteiger partial charge is 0.287 e. The fraction of sp³-hybridized carbons (Fsp3) is 0.300. The highest BCUT2D eigenvalue weighted by molar-refractivity contribution is 6.33. The highest BCUT2D eigenvalue weighted by Gasteiger charge is 2.43. The van der Waals surface area contributed by atoms with Crippen molar-refractivity contribution in [2.45, 2.75) is 32.0 Å². The fourth-order valence-electron chi connectivity index (χ4n) is 3.52. The second-order valence-electron chi connectivity index (χ2n) is 6.66. The molecule has 1 fully saturated rings. The SMILES string of the molecule is CC(=O)N1N=C(c2ccccc2Cl)OC1C(=O)N1CCCC1c1ccccn1. The van der Waals surface area contributed by atoms with Gasteiger partial charge in [-0.3, -0.25) is 14.6 Å². The Kier molecular flexibility index (Phi) is 5.00. The molecule has 0 spiro atoms. The first-order valence-electron chi connectivity index (χ1n) is 9.07. The lowest BCUT2D eigenvalue weighted by Crippen LogP contribution is -2.47. The molecule has 0 saturated carbocycles. The number of halogens is 1. The molecule has 2 unspecified atom stereocenters. The summed E-state index contributed by atoms with van der Waals surface area (Å²) in [7, 11) is 0. The van der Waals surface area contributed by atoms with E-state index < -0.39 is 6.23 Å². The number of ether oxygens (including phenoxy) is 1. The number of aromatic nitrogens is 1. The van der Waals surface area contributed by atoms with E-state index in [0.29, 0.717) is 17.1 Å². The van der Waals surface area contributed by atoms with Gasteiger partial charge in [-0.25, -0.2) is 0 Å². The Balaban J connectivity index is 1.60. The van der Waals surface area contributed by atoms with E-state index >= 15 is 0 Å². The number of amides is 2. The van der Waals surface area contributed by atoms with Crippen molar-refractivity contribution in [2.75, 3.05) is 6.54 Å². The molecule has 4 rings (SSSR count). The maximum absolute atomic E-state index is 13.3. The van der Waals surface area contributed by atoms with E-state index in [0.717, 1.165) is 23.5 Å². The zero-order valence-corrected chi connectivity index (χ0v) is 16.0. The molecule has 7 nitrogen and oxygen atoms in total. The van der Waals surface area contributed by atoms with Gasteiger partial charge in [-0.1, -0.05) is 29.8 Å². The number of hydrogen-bond donors (Lipinski definition) is 0. The van der Waals surface area contributed by atoms with E-state index in [4.69, 9.17) is 16.3 Å². The van der Waals surface area contributed by atoms with Gasteiger partial charge in [0, 0.05) is 19.7 Å². The summed E-state index contributed by atoms with van der Waals surface area (Å²) in [5.41, 5.74) is 1.36. The number of rotatable bonds is 3. The molecule has 0 aliphatic carbocycles. The van der Waals surface area contributed by atoms with Gasteiger partial charge in [0.25, 0.3) is 12.1 Å². The lowest BCUT2D eigenvalue weighted by Gasteiger charge is -2.28. The third kappa shape index (κ3) is 3.33. The standard InChI is InChI=1S/C20H19ClN4O3/c1-13(26)25-20(28-18(23-25)14-7-2-3-8-15(14)21)19(27)24-12-6-10-17(24)16-9-4-5-11-22-16/h2-5,7-9,11,17,20H,6,10,12H2,1H3. The Morgan fingerprint density at radius 1 is 1.18 bits per heavy atom. The minimum atomic E-state index is -1.15. The molecule has 2 atom stereocenters. The summed E-state index contributed by atoms with van der Waals surface area (Å²) < 4.78 is 5.82. The Morgan fingerprint density at radius 2 is 1.96 bits per heavy atom. The van der Waals surface area contributed by atoms with Gasteiger partial charge in [0.1, 0.15) is 0 Å². The summed E-state index contributed by atoms with van der Waals surface area (Å²) in [6.07, 6.45) is 2.24. The van der Waals surface area contributed by atoms with E-state index in [1.54, 1.807) is 35.4 Å². The van der Waals surface area contributed by atoms with Crippen LogP contribution in [0.2, 0.25) is 5.02 Å². The van der Waals surface area contributed by atoms with Crippen LogP contribution in [0.15, 0.2) is 53.8 Å². The number of pyridine rings is 1. The molecule has 0 bridgehead atoms. The normalized spacial score (nSPS) is 21.4. The van der Waals surface area contributed by atoms with Crippen LogP contribution >= 0.6 is 11.6 Å². The molecule has 2 amide bonds. The average Bonchev–Trinajstić information content (AvgIpc) is 3.36. The first-order valence-corrected chi connectivity index (χ1v) is 9.45. The minimum Gasteiger partial charge on any atom is -0.440 e. The molecule has 1 saturated heterocycles. The van der Waals surface area contributed by atoms with Crippen LogP contribution < -0.4 is 0 Å². The van der Waals surface area contributed by atoms with Gasteiger partial charge in [-0.05, 0) is 37.1 Å². The second-order valence-corrected chi connectivity index (χ2v) is 7.07. The van der Waals surface area contributed by atoms with Crippen molar-refractivity contribution in [1.29, 1.82) is 0 Å². The van der Waals surface area contributed by atoms with Gasteiger partial charge in [-0.2, -0.15) is 5.01 Å². The summed E-state index contributed by atoms with van der Waals surface area (Å²) >= 11 is 6.22. The molecular formula is C20H19ClN4O3. The quantitative estimate of drug-likeness (QED) is 0.796. The van der Waals surface area contributed by atoms with Gasteiger partial charge in [0.15, 0.2) is 0 Å².